The van der Waals surface area contributed by atoms with Gasteiger partial charge in [-0.3, -0.25) is 0 Å². The molecule has 0 unspecified atom stereocenters. The standard InChI is InChI=1S/C17H25ClO4S/c1-2-3-4-5-6-7-8-9-13-22-17(19)15-11-10-12-16(14-15)23(18,20)21/h10-12,14H,2-9,13H2,1H3. The summed E-state index contributed by atoms with van der Waals surface area (Å²) in [5.74, 6) is -0.518. The smallest absolute Gasteiger partial charge is 0.338 e. The van der Waals surface area contributed by atoms with E-state index in [-0.39, 0.29) is 10.5 Å². The Morgan fingerprint density at radius 1 is 1.04 bits per heavy atom. The van der Waals surface area contributed by atoms with Crippen molar-refractivity contribution < 1.29 is 17.9 Å². The van der Waals surface area contributed by atoms with Gasteiger partial charge in [0, 0.05) is 10.7 Å². The van der Waals surface area contributed by atoms with Crippen molar-refractivity contribution in [1.82, 2.24) is 0 Å². The van der Waals surface area contributed by atoms with Crippen LogP contribution in [-0.2, 0) is 13.8 Å². The molecule has 0 atom stereocenters. The molecule has 0 aromatic heterocycles. The van der Waals surface area contributed by atoms with E-state index in [4.69, 9.17) is 15.4 Å². The number of esters is 1. The van der Waals surface area contributed by atoms with Crippen LogP contribution in [0.4, 0.5) is 0 Å². The van der Waals surface area contributed by atoms with Crippen molar-refractivity contribution in [2.24, 2.45) is 0 Å². The zero-order chi connectivity index (χ0) is 17.1. The van der Waals surface area contributed by atoms with Crippen molar-refractivity contribution in [1.29, 1.82) is 0 Å². The van der Waals surface area contributed by atoms with Gasteiger partial charge in [0.15, 0.2) is 0 Å². The molecule has 0 saturated heterocycles. The van der Waals surface area contributed by atoms with E-state index < -0.39 is 15.0 Å². The first kappa shape index (κ1) is 20.0. The van der Waals surface area contributed by atoms with Crippen LogP contribution in [0.25, 0.3) is 0 Å². The van der Waals surface area contributed by atoms with Crippen molar-refractivity contribution in [3.05, 3.63) is 29.8 Å². The molecular formula is C17H25ClO4S. The van der Waals surface area contributed by atoms with Crippen molar-refractivity contribution in [3.63, 3.8) is 0 Å². The predicted molar refractivity (Wildman–Crippen MR) is 92.4 cm³/mol. The second kappa shape index (κ2) is 10.7. The highest BCUT2D eigenvalue weighted by Crippen LogP contribution is 2.17. The highest BCUT2D eigenvalue weighted by Gasteiger charge is 2.14. The van der Waals surface area contributed by atoms with Crippen LogP contribution >= 0.6 is 10.7 Å². The lowest BCUT2D eigenvalue weighted by Gasteiger charge is -2.06. The Hall–Kier alpha value is -1.07. The number of halogens is 1. The molecule has 0 aliphatic heterocycles. The van der Waals surface area contributed by atoms with E-state index in [1.165, 1.54) is 56.4 Å². The molecule has 1 aromatic carbocycles. The van der Waals surface area contributed by atoms with Gasteiger partial charge >= 0.3 is 5.97 Å². The van der Waals surface area contributed by atoms with Crippen LogP contribution < -0.4 is 0 Å². The lowest BCUT2D eigenvalue weighted by atomic mass is 10.1. The minimum Gasteiger partial charge on any atom is -0.462 e. The van der Waals surface area contributed by atoms with Crippen LogP contribution in [-0.4, -0.2) is 21.0 Å². The minimum atomic E-state index is -3.84. The van der Waals surface area contributed by atoms with Gasteiger partial charge < -0.3 is 4.74 Å². The Balaban J connectivity index is 2.25. The first-order valence-corrected chi connectivity index (χ1v) is 10.5. The third kappa shape index (κ3) is 8.37. The zero-order valence-electron chi connectivity index (χ0n) is 13.6. The molecule has 0 aliphatic rings. The van der Waals surface area contributed by atoms with Gasteiger partial charge in [0.25, 0.3) is 9.05 Å². The second-order valence-corrected chi connectivity index (χ2v) is 8.14. The van der Waals surface area contributed by atoms with Crippen LogP contribution in [0.1, 0.15) is 68.6 Å². The minimum absolute atomic E-state index is 0.0966. The molecule has 0 spiro atoms. The van der Waals surface area contributed by atoms with Crippen LogP contribution in [0.3, 0.4) is 0 Å². The van der Waals surface area contributed by atoms with E-state index >= 15 is 0 Å². The number of hydrogen-bond donors (Lipinski definition) is 0. The van der Waals surface area contributed by atoms with Crippen LogP contribution in [0.2, 0.25) is 0 Å². The molecule has 0 bridgehead atoms. The first-order chi connectivity index (χ1) is 10.9. The molecule has 0 heterocycles. The summed E-state index contributed by atoms with van der Waals surface area (Å²) >= 11 is 0. The first-order valence-electron chi connectivity index (χ1n) is 8.17. The van der Waals surface area contributed by atoms with Gasteiger partial charge in [-0.1, -0.05) is 57.9 Å². The summed E-state index contributed by atoms with van der Waals surface area (Å²) in [4.78, 5) is 11.8. The summed E-state index contributed by atoms with van der Waals surface area (Å²) < 4.78 is 27.7. The third-order valence-electron chi connectivity index (χ3n) is 3.58. The Morgan fingerprint density at radius 3 is 2.26 bits per heavy atom. The molecule has 1 rings (SSSR count). The lowest BCUT2D eigenvalue weighted by molar-refractivity contribution is 0.0497. The fourth-order valence-electron chi connectivity index (χ4n) is 2.26. The average molecular weight is 361 g/mol. The summed E-state index contributed by atoms with van der Waals surface area (Å²) in [6.07, 6.45) is 9.36. The SMILES string of the molecule is CCCCCCCCCCOC(=O)c1cccc(S(=O)(=O)Cl)c1. The molecule has 0 amide bonds. The van der Waals surface area contributed by atoms with Crippen molar-refractivity contribution in [3.8, 4) is 0 Å². The van der Waals surface area contributed by atoms with Gasteiger partial charge in [-0.05, 0) is 24.6 Å². The number of unbranched alkanes of at least 4 members (excludes halogenated alkanes) is 7. The largest absolute Gasteiger partial charge is 0.462 e. The van der Waals surface area contributed by atoms with E-state index in [9.17, 15) is 13.2 Å². The summed E-state index contributed by atoms with van der Waals surface area (Å²) in [7, 11) is 1.43. The van der Waals surface area contributed by atoms with Gasteiger partial charge in [0.1, 0.15) is 0 Å². The van der Waals surface area contributed by atoms with Gasteiger partial charge in [0.05, 0.1) is 17.1 Å². The van der Waals surface area contributed by atoms with Gasteiger partial charge in [-0.2, -0.15) is 0 Å². The van der Waals surface area contributed by atoms with Gasteiger partial charge in [-0.15, -0.1) is 0 Å². The van der Waals surface area contributed by atoms with Crippen LogP contribution in [0.15, 0.2) is 29.2 Å². The molecule has 130 valence electrons. The summed E-state index contributed by atoms with van der Waals surface area (Å²) in [5, 5.41) is 0. The fraction of sp³-hybridized carbons (Fsp3) is 0.588. The van der Waals surface area contributed by atoms with Crippen molar-refractivity contribution in [2.75, 3.05) is 6.61 Å². The monoisotopic (exact) mass is 360 g/mol. The van der Waals surface area contributed by atoms with E-state index in [0.717, 1.165) is 19.3 Å². The van der Waals surface area contributed by atoms with Crippen LogP contribution in [0, 0.1) is 0 Å². The van der Waals surface area contributed by atoms with Gasteiger partial charge in [-0.25, -0.2) is 13.2 Å². The fourth-order valence-corrected chi connectivity index (χ4v) is 3.06. The number of carbonyl (C=O) groups excluding carboxylic acids is 1. The summed E-state index contributed by atoms with van der Waals surface area (Å²) in [5.41, 5.74) is 0.200. The lowest BCUT2D eigenvalue weighted by Crippen LogP contribution is -2.07. The Bertz CT molecular complexity index is 584. The maximum Gasteiger partial charge on any atom is 0.338 e. The average Bonchev–Trinajstić information content (AvgIpc) is 2.52. The van der Waals surface area contributed by atoms with E-state index in [2.05, 4.69) is 6.92 Å². The van der Waals surface area contributed by atoms with Crippen molar-refractivity contribution in [2.45, 2.75) is 63.2 Å². The predicted octanol–water partition coefficient (Wildman–Crippen LogP) is 4.91. The molecule has 6 heteroatoms. The summed E-state index contributed by atoms with van der Waals surface area (Å²) in [6.45, 7) is 2.55. The number of benzene rings is 1. The normalized spacial score (nSPS) is 11.4. The van der Waals surface area contributed by atoms with E-state index in [1.54, 1.807) is 0 Å². The molecular weight excluding hydrogens is 336 g/mol. The molecule has 1 aromatic rings. The Morgan fingerprint density at radius 2 is 1.65 bits per heavy atom. The molecule has 0 radical (unpaired) electrons. The summed E-state index contributed by atoms with van der Waals surface area (Å²) in [6, 6.07) is 5.57. The Labute approximate surface area is 143 Å². The number of ether oxygens (including phenoxy) is 1. The van der Waals surface area contributed by atoms with E-state index in [0.29, 0.717) is 6.61 Å². The molecule has 0 N–H and O–H groups in total. The molecule has 4 nitrogen and oxygen atoms in total. The number of rotatable bonds is 11. The maximum atomic E-state index is 11.9. The molecule has 0 saturated carbocycles. The zero-order valence-corrected chi connectivity index (χ0v) is 15.2. The maximum absolute atomic E-state index is 11.9. The number of carbonyl (C=O) groups is 1. The Kier molecular flexibility index (Phi) is 9.26. The third-order valence-corrected chi connectivity index (χ3v) is 4.93. The highest BCUT2D eigenvalue weighted by atomic mass is 35.7. The highest BCUT2D eigenvalue weighted by molar-refractivity contribution is 8.13. The van der Waals surface area contributed by atoms with Gasteiger partial charge in [0.2, 0.25) is 0 Å². The van der Waals surface area contributed by atoms with Crippen molar-refractivity contribution >= 4 is 25.7 Å². The quantitative estimate of drug-likeness (QED) is 0.319. The second-order valence-electron chi connectivity index (χ2n) is 5.58. The van der Waals surface area contributed by atoms with E-state index in [1.807, 2.05) is 0 Å². The molecule has 0 aliphatic carbocycles. The molecule has 23 heavy (non-hydrogen) atoms. The van der Waals surface area contributed by atoms with Crippen LogP contribution in [0.5, 0.6) is 0 Å². The topological polar surface area (TPSA) is 60.4 Å². The molecule has 0 fully saturated rings. The number of hydrogen-bond acceptors (Lipinski definition) is 4.